The number of nitrogens with zero attached hydrogens (tertiary/aromatic N) is 2. The third-order valence-electron chi connectivity index (χ3n) is 2.55. The lowest BCUT2D eigenvalue weighted by Crippen LogP contribution is -2.13. The van der Waals surface area contributed by atoms with Crippen LogP contribution in [-0.2, 0) is 11.3 Å². The maximum absolute atomic E-state index is 12.9. The molecule has 19 heavy (non-hydrogen) atoms. The highest BCUT2D eigenvalue weighted by atomic mass is 19.1. The van der Waals surface area contributed by atoms with E-state index in [-0.39, 0.29) is 30.5 Å². The van der Waals surface area contributed by atoms with Crippen LogP contribution in [0, 0.1) is 5.82 Å². The molecule has 0 unspecified atom stereocenters. The molecule has 6 heteroatoms. The van der Waals surface area contributed by atoms with E-state index in [0.29, 0.717) is 5.69 Å². The molecule has 0 aliphatic heterocycles. The molecule has 2 aromatic rings. The number of halogens is 1. The predicted octanol–water partition coefficient (Wildman–Crippen LogP) is 1.68. The Morgan fingerprint density at radius 3 is 2.68 bits per heavy atom. The smallest absolute Gasteiger partial charge is 0.356 e. The minimum atomic E-state index is -0.543. The molecule has 0 atom stereocenters. The van der Waals surface area contributed by atoms with Gasteiger partial charge in [-0.1, -0.05) is 0 Å². The van der Waals surface area contributed by atoms with Crippen LogP contribution in [0.15, 0.2) is 30.5 Å². The van der Waals surface area contributed by atoms with Crippen molar-refractivity contribution >= 4 is 5.97 Å². The number of hydrogen-bond donors (Lipinski definition) is 1. The van der Waals surface area contributed by atoms with Crippen LogP contribution in [0.25, 0.3) is 5.69 Å². The van der Waals surface area contributed by atoms with E-state index < -0.39 is 5.97 Å². The molecule has 0 spiro atoms. The fourth-order valence-electron chi connectivity index (χ4n) is 1.73. The molecule has 1 heterocycles. The number of ether oxygens (including phenoxy) is 1. The zero-order valence-electron chi connectivity index (χ0n) is 10.3. The van der Waals surface area contributed by atoms with Crippen molar-refractivity contribution in [3.8, 4) is 5.69 Å². The summed E-state index contributed by atoms with van der Waals surface area (Å²) in [6, 6.07) is 5.54. The lowest BCUT2D eigenvalue weighted by molar-refractivity contribution is 0.0516. The van der Waals surface area contributed by atoms with E-state index in [1.54, 1.807) is 6.92 Å². The van der Waals surface area contributed by atoms with E-state index in [9.17, 15) is 14.3 Å². The van der Waals surface area contributed by atoms with Crippen molar-refractivity contribution in [2.24, 2.45) is 0 Å². The van der Waals surface area contributed by atoms with E-state index >= 15 is 0 Å². The molecule has 0 fully saturated rings. The molecule has 0 aliphatic rings. The van der Waals surface area contributed by atoms with Gasteiger partial charge in [0.05, 0.1) is 12.8 Å². The van der Waals surface area contributed by atoms with Gasteiger partial charge in [0, 0.05) is 5.69 Å². The van der Waals surface area contributed by atoms with E-state index in [0.717, 1.165) is 0 Å². The number of aliphatic hydroxyl groups excluding tert-OH is 1. The summed E-state index contributed by atoms with van der Waals surface area (Å²) >= 11 is 0. The Bertz CT molecular complexity index is 578. The molecular formula is C13H13FN2O3. The molecule has 0 amide bonds. The summed E-state index contributed by atoms with van der Waals surface area (Å²) in [6.45, 7) is 1.60. The number of carbonyl (C=O) groups excluding carboxylic acids is 1. The Morgan fingerprint density at radius 1 is 1.42 bits per heavy atom. The highest BCUT2D eigenvalue weighted by Crippen LogP contribution is 2.16. The standard InChI is InChI=1S/C13H13FN2O3/c1-2-19-13(18)11-7-15-12(8-17)16(11)10-5-3-9(14)4-6-10/h3-7,17H,2,8H2,1H3. The normalized spacial score (nSPS) is 10.5. The van der Waals surface area contributed by atoms with Crippen molar-refractivity contribution in [3.05, 3.63) is 47.8 Å². The average Bonchev–Trinajstić information content (AvgIpc) is 2.83. The zero-order chi connectivity index (χ0) is 13.8. The van der Waals surface area contributed by atoms with E-state index in [1.165, 1.54) is 35.0 Å². The van der Waals surface area contributed by atoms with Crippen LogP contribution in [0.5, 0.6) is 0 Å². The zero-order valence-corrected chi connectivity index (χ0v) is 10.3. The number of benzene rings is 1. The number of aliphatic hydroxyl groups is 1. The number of imidazole rings is 1. The molecule has 0 bridgehead atoms. The third kappa shape index (κ3) is 2.63. The first kappa shape index (κ1) is 13.2. The first-order chi connectivity index (χ1) is 9.17. The van der Waals surface area contributed by atoms with Gasteiger partial charge in [0.2, 0.25) is 0 Å². The fourth-order valence-corrected chi connectivity index (χ4v) is 1.73. The molecule has 100 valence electrons. The van der Waals surface area contributed by atoms with Gasteiger partial charge in [-0.15, -0.1) is 0 Å². The minimum absolute atomic E-state index is 0.192. The number of carbonyl (C=O) groups is 1. The first-order valence-corrected chi connectivity index (χ1v) is 5.78. The second kappa shape index (κ2) is 5.62. The van der Waals surface area contributed by atoms with Gasteiger partial charge < -0.3 is 9.84 Å². The van der Waals surface area contributed by atoms with Gasteiger partial charge in [-0.25, -0.2) is 14.2 Å². The molecule has 1 N–H and O–H groups in total. The van der Waals surface area contributed by atoms with Crippen LogP contribution in [0.4, 0.5) is 4.39 Å². The second-order valence-electron chi connectivity index (χ2n) is 3.75. The quantitative estimate of drug-likeness (QED) is 0.853. The van der Waals surface area contributed by atoms with Gasteiger partial charge >= 0.3 is 5.97 Å². The maximum Gasteiger partial charge on any atom is 0.356 e. The van der Waals surface area contributed by atoms with Crippen LogP contribution in [-0.4, -0.2) is 27.2 Å². The monoisotopic (exact) mass is 264 g/mol. The van der Waals surface area contributed by atoms with Gasteiger partial charge in [-0.05, 0) is 31.2 Å². The minimum Gasteiger partial charge on any atom is -0.461 e. The number of rotatable bonds is 4. The average molecular weight is 264 g/mol. The largest absolute Gasteiger partial charge is 0.461 e. The van der Waals surface area contributed by atoms with Gasteiger partial charge in [0.15, 0.2) is 5.69 Å². The summed E-state index contributed by atoms with van der Waals surface area (Å²) in [6.07, 6.45) is 1.33. The lowest BCUT2D eigenvalue weighted by atomic mass is 10.3. The SMILES string of the molecule is CCOC(=O)c1cnc(CO)n1-c1ccc(F)cc1. The summed E-state index contributed by atoms with van der Waals surface area (Å²) in [7, 11) is 0. The van der Waals surface area contributed by atoms with Crippen LogP contribution in [0.1, 0.15) is 23.2 Å². The summed E-state index contributed by atoms with van der Waals surface area (Å²) in [5, 5.41) is 9.25. The van der Waals surface area contributed by atoms with Gasteiger partial charge in [-0.3, -0.25) is 4.57 Å². The van der Waals surface area contributed by atoms with E-state index in [1.807, 2.05) is 0 Å². The van der Waals surface area contributed by atoms with Gasteiger partial charge in [0.25, 0.3) is 0 Å². The number of hydrogen-bond acceptors (Lipinski definition) is 4. The molecule has 2 rings (SSSR count). The van der Waals surface area contributed by atoms with Gasteiger partial charge in [0.1, 0.15) is 18.2 Å². The van der Waals surface area contributed by atoms with Crippen molar-refractivity contribution in [3.63, 3.8) is 0 Å². The Morgan fingerprint density at radius 2 is 2.11 bits per heavy atom. The molecule has 0 radical (unpaired) electrons. The summed E-state index contributed by atoms with van der Waals surface area (Å²) in [5.41, 5.74) is 0.725. The van der Waals surface area contributed by atoms with Crippen molar-refractivity contribution in [1.29, 1.82) is 0 Å². The first-order valence-electron chi connectivity index (χ1n) is 5.78. The topological polar surface area (TPSA) is 64.3 Å². The highest BCUT2D eigenvalue weighted by molar-refractivity contribution is 5.88. The second-order valence-corrected chi connectivity index (χ2v) is 3.75. The Labute approximate surface area is 109 Å². The van der Waals surface area contributed by atoms with Crippen LogP contribution < -0.4 is 0 Å². The molecule has 5 nitrogen and oxygen atoms in total. The van der Waals surface area contributed by atoms with Crippen LogP contribution in [0.3, 0.4) is 0 Å². The van der Waals surface area contributed by atoms with Gasteiger partial charge in [-0.2, -0.15) is 0 Å². The Hall–Kier alpha value is -2.21. The van der Waals surface area contributed by atoms with E-state index in [2.05, 4.69) is 4.98 Å². The van der Waals surface area contributed by atoms with Crippen molar-refractivity contribution in [2.75, 3.05) is 6.61 Å². The summed E-state index contributed by atoms with van der Waals surface area (Å²) < 4.78 is 19.3. The Balaban J connectivity index is 2.50. The molecule has 0 saturated heterocycles. The molecular weight excluding hydrogens is 251 g/mol. The molecule has 1 aromatic heterocycles. The molecule has 0 saturated carbocycles. The van der Waals surface area contributed by atoms with E-state index in [4.69, 9.17) is 4.74 Å². The predicted molar refractivity (Wildman–Crippen MR) is 65.4 cm³/mol. The highest BCUT2D eigenvalue weighted by Gasteiger charge is 2.18. The number of esters is 1. The fraction of sp³-hybridized carbons (Fsp3) is 0.231. The Kier molecular flexibility index (Phi) is 3.91. The van der Waals surface area contributed by atoms with Crippen LogP contribution in [0.2, 0.25) is 0 Å². The van der Waals surface area contributed by atoms with Crippen molar-refractivity contribution in [1.82, 2.24) is 9.55 Å². The van der Waals surface area contributed by atoms with Crippen molar-refractivity contribution in [2.45, 2.75) is 13.5 Å². The van der Waals surface area contributed by atoms with Crippen molar-refractivity contribution < 1.29 is 19.0 Å². The molecule has 0 aliphatic carbocycles. The third-order valence-corrected chi connectivity index (χ3v) is 2.55. The summed E-state index contributed by atoms with van der Waals surface area (Å²) in [4.78, 5) is 15.8. The molecule has 1 aromatic carbocycles. The summed E-state index contributed by atoms with van der Waals surface area (Å²) in [5.74, 6) is -0.638. The van der Waals surface area contributed by atoms with Crippen LogP contribution >= 0.6 is 0 Å². The number of aromatic nitrogens is 2. The lowest BCUT2D eigenvalue weighted by Gasteiger charge is -2.10. The maximum atomic E-state index is 12.9.